The van der Waals surface area contributed by atoms with Gasteiger partial charge in [-0.3, -0.25) is 14.3 Å². The number of aliphatic hydroxyl groups excluding tert-OH is 1. The molecule has 0 aromatic carbocycles. The summed E-state index contributed by atoms with van der Waals surface area (Å²) in [4.78, 5) is 13.8. The highest BCUT2D eigenvalue weighted by Crippen LogP contribution is 2.30. The third-order valence-corrected chi connectivity index (χ3v) is 3.11. The van der Waals surface area contributed by atoms with E-state index in [9.17, 15) is 9.18 Å². The van der Waals surface area contributed by atoms with Crippen molar-refractivity contribution in [2.45, 2.75) is 31.8 Å². The van der Waals surface area contributed by atoms with Crippen LogP contribution in [0.3, 0.4) is 0 Å². The lowest BCUT2D eigenvalue weighted by molar-refractivity contribution is -0.0349. The minimum absolute atomic E-state index is 0.116. The highest BCUT2D eigenvalue weighted by Gasteiger charge is 2.36. The van der Waals surface area contributed by atoms with Crippen molar-refractivity contribution in [3.05, 3.63) is 26.9 Å². The van der Waals surface area contributed by atoms with Crippen molar-refractivity contribution in [2.24, 2.45) is 0 Å². The number of halogens is 1. The van der Waals surface area contributed by atoms with E-state index in [4.69, 9.17) is 22.1 Å². The molecule has 1 aromatic rings. The van der Waals surface area contributed by atoms with Crippen molar-refractivity contribution in [2.75, 3.05) is 6.61 Å². The van der Waals surface area contributed by atoms with Gasteiger partial charge in [0.15, 0.2) is 4.77 Å². The maximum absolute atomic E-state index is 13.4. The Morgan fingerprint density at radius 2 is 2.47 bits per heavy atom. The molecule has 17 heavy (non-hydrogen) atoms. The molecule has 1 saturated heterocycles. The van der Waals surface area contributed by atoms with E-state index in [1.165, 1.54) is 10.8 Å². The maximum Gasteiger partial charge on any atom is 0.254 e. The highest BCUT2D eigenvalue weighted by molar-refractivity contribution is 7.71. The predicted octanol–water partition coefficient (Wildman–Crippen LogP) is 0.832. The molecule has 7 heteroatoms. The number of H-pyrrole nitrogens is 1. The molecule has 2 rings (SSSR count). The molecule has 1 aliphatic heterocycles. The fourth-order valence-electron chi connectivity index (χ4n) is 1.82. The minimum Gasteiger partial charge on any atom is -0.394 e. The Labute approximate surface area is 102 Å². The van der Waals surface area contributed by atoms with Crippen LogP contribution in [0.1, 0.15) is 18.2 Å². The summed E-state index contributed by atoms with van der Waals surface area (Å²) in [6, 6.07) is 0. The molecule has 0 bridgehead atoms. The summed E-state index contributed by atoms with van der Waals surface area (Å²) < 4.78 is 20.5. The van der Waals surface area contributed by atoms with Gasteiger partial charge in [0, 0.05) is 18.2 Å². The van der Waals surface area contributed by atoms with E-state index in [1.54, 1.807) is 6.92 Å². The van der Waals surface area contributed by atoms with Crippen LogP contribution in [0.5, 0.6) is 0 Å². The third kappa shape index (κ3) is 2.31. The number of aromatic amines is 1. The number of ether oxygens (including phenoxy) is 1. The quantitative estimate of drug-likeness (QED) is 0.773. The number of rotatable bonds is 2. The van der Waals surface area contributed by atoms with Crippen LogP contribution in [0.4, 0.5) is 4.39 Å². The fourth-order valence-corrected chi connectivity index (χ4v) is 2.09. The first-order chi connectivity index (χ1) is 8.02. The number of hydrogen-bond donors (Lipinski definition) is 2. The van der Waals surface area contributed by atoms with Crippen molar-refractivity contribution in [1.29, 1.82) is 0 Å². The average Bonchev–Trinajstić information content (AvgIpc) is 2.65. The summed E-state index contributed by atoms with van der Waals surface area (Å²) in [5.41, 5.74) is 0.213. The molecule has 1 aromatic heterocycles. The molecule has 0 spiro atoms. The lowest BCUT2D eigenvalue weighted by Gasteiger charge is -2.15. The Morgan fingerprint density at radius 1 is 1.76 bits per heavy atom. The number of nitrogens with zero attached hydrogens (tertiary/aromatic N) is 1. The zero-order valence-corrected chi connectivity index (χ0v) is 10.0. The van der Waals surface area contributed by atoms with Crippen molar-refractivity contribution in [3.63, 3.8) is 0 Å². The molecular weight excluding hydrogens is 247 g/mol. The SMILES string of the molecule is Cc1cn([C@H]2C[C@H](F)[C@@H](CO)O2)c(=S)[nH]c1=O. The van der Waals surface area contributed by atoms with Gasteiger partial charge < -0.3 is 9.84 Å². The summed E-state index contributed by atoms with van der Waals surface area (Å²) in [7, 11) is 0. The van der Waals surface area contributed by atoms with E-state index in [-0.39, 0.29) is 23.4 Å². The summed E-state index contributed by atoms with van der Waals surface area (Å²) in [5.74, 6) is 0. The molecule has 2 heterocycles. The van der Waals surface area contributed by atoms with Crippen LogP contribution in [0, 0.1) is 11.7 Å². The largest absolute Gasteiger partial charge is 0.394 e. The standard InChI is InChI=1S/C10H13FN2O3S/c1-5-3-13(10(17)12-9(5)15)8-2-6(11)7(4-14)16-8/h3,6-8,14H,2,4H2,1H3,(H,12,15,17)/t6-,7+,8+/m0/s1. The number of aliphatic hydroxyl groups is 1. The average molecular weight is 260 g/mol. The van der Waals surface area contributed by atoms with Crippen molar-refractivity contribution >= 4 is 12.2 Å². The van der Waals surface area contributed by atoms with Crippen LogP contribution < -0.4 is 5.56 Å². The molecule has 0 aliphatic carbocycles. The lowest BCUT2D eigenvalue weighted by Crippen LogP contribution is -2.22. The summed E-state index contributed by atoms with van der Waals surface area (Å²) in [5, 5.41) is 8.91. The zero-order valence-electron chi connectivity index (χ0n) is 9.22. The molecule has 1 fully saturated rings. The molecule has 0 radical (unpaired) electrons. The van der Waals surface area contributed by atoms with Crippen LogP contribution in [0.2, 0.25) is 0 Å². The van der Waals surface area contributed by atoms with E-state index in [1.807, 2.05) is 0 Å². The number of aryl methyl sites for hydroxylation is 1. The van der Waals surface area contributed by atoms with Gasteiger partial charge in [0.05, 0.1) is 6.61 Å². The monoisotopic (exact) mass is 260 g/mol. The third-order valence-electron chi connectivity index (χ3n) is 2.80. The maximum atomic E-state index is 13.4. The fraction of sp³-hybridized carbons (Fsp3) is 0.600. The first-order valence-corrected chi connectivity index (χ1v) is 5.66. The van der Waals surface area contributed by atoms with E-state index in [0.717, 1.165) is 0 Å². The second-order valence-electron chi connectivity index (χ2n) is 4.04. The Kier molecular flexibility index (Phi) is 3.41. The van der Waals surface area contributed by atoms with Gasteiger partial charge in [0.25, 0.3) is 5.56 Å². The first kappa shape index (κ1) is 12.4. The minimum atomic E-state index is -1.22. The van der Waals surface area contributed by atoms with Gasteiger partial charge in [-0.15, -0.1) is 0 Å². The van der Waals surface area contributed by atoms with Crippen LogP contribution in [-0.2, 0) is 4.74 Å². The van der Waals surface area contributed by atoms with E-state index in [2.05, 4.69) is 4.98 Å². The Morgan fingerprint density at radius 3 is 3.06 bits per heavy atom. The number of aromatic nitrogens is 2. The Bertz CT molecular complexity index is 527. The van der Waals surface area contributed by atoms with Gasteiger partial charge in [-0.1, -0.05) is 0 Å². The van der Waals surface area contributed by atoms with Crippen LogP contribution in [0.25, 0.3) is 0 Å². The Balaban J connectivity index is 2.34. The van der Waals surface area contributed by atoms with Gasteiger partial charge in [0.2, 0.25) is 0 Å². The molecule has 3 atom stereocenters. The van der Waals surface area contributed by atoms with E-state index < -0.39 is 18.5 Å². The van der Waals surface area contributed by atoms with Gasteiger partial charge in [-0.2, -0.15) is 0 Å². The van der Waals surface area contributed by atoms with E-state index in [0.29, 0.717) is 5.56 Å². The number of alkyl halides is 1. The molecule has 0 amide bonds. The highest BCUT2D eigenvalue weighted by atomic mass is 32.1. The second-order valence-corrected chi connectivity index (χ2v) is 4.43. The molecule has 0 unspecified atom stereocenters. The Hall–Kier alpha value is -1.05. The number of nitrogens with one attached hydrogen (secondary N) is 1. The summed E-state index contributed by atoms with van der Waals surface area (Å²) in [6.07, 6.45) is -0.970. The summed E-state index contributed by atoms with van der Waals surface area (Å²) >= 11 is 4.99. The zero-order chi connectivity index (χ0) is 12.6. The number of hydrogen-bond acceptors (Lipinski definition) is 4. The normalized spacial score (nSPS) is 28.5. The van der Waals surface area contributed by atoms with Crippen molar-refractivity contribution in [1.82, 2.24) is 9.55 Å². The topological polar surface area (TPSA) is 67.2 Å². The lowest BCUT2D eigenvalue weighted by atomic mass is 10.2. The smallest absolute Gasteiger partial charge is 0.254 e. The van der Waals surface area contributed by atoms with Crippen LogP contribution in [-0.4, -0.2) is 33.5 Å². The van der Waals surface area contributed by atoms with Gasteiger partial charge in [-0.05, 0) is 19.1 Å². The van der Waals surface area contributed by atoms with Crippen molar-refractivity contribution < 1.29 is 14.2 Å². The second kappa shape index (κ2) is 4.67. The van der Waals surface area contributed by atoms with Gasteiger partial charge in [0.1, 0.15) is 18.5 Å². The molecule has 94 valence electrons. The van der Waals surface area contributed by atoms with E-state index >= 15 is 0 Å². The van der Waals surface area contributed by atoms with Crippen molar-refractivity contribution in [3.8, 4) is 0 Å². The van der Waals surface area contributed by atoms with Crippen LogP contribution in [0.15, 0.2) is 11.0 Å². The predicted molar refractivity (Wildman–Crippen MR) is 61.1 cm³/mol. The molecular formula is C10H13FN2O3S. The summed E-state index contributed by atoms with van der Waals surface area (Å²) in [6.45, 7) is 1.27. The van der Waals surface area contributed by atoms with Gasteiger partial charge in [-0.25, -0.2) is 4.39 Å². The molecule has 0 saturated carbocycles. The van der Waals surface area contributed by atoms with Crippen LogP contribution >= 0.6 is 12.2 Å². The molecule has 1 aliphatic rings. The molecule has 5 nitrogen and oxygen atoms in total. The molecule has 2 N–H and O–H groups in total. The first-order valence-electron chi connectivity index (χ1n) is 5.25. The van der Waals surface area contributed by atoms with Gasteiger partial charge >= 0.3 is 0 Å².